The number of hydrogen-bond donors (Lipinski definition) is 0. The van der Waals surface area contributed by atoms with Crippen molar-refractivity contribution < 1.29 is 0 Å². The van der Waals surface area contributed by atoms with Crippen LogP contribution in [0.25, 0.3) is 0 Å². The quantitative estimate of drug-likeness (QED) is 0.408. The average molecular weight is 403 g/mol. The summed E-state index contributed by atoms with van der Waals surface area (Å²) in [6, 6.07) is 27.0. The Morgan fingerprint density at radius 1 is 0.367 bits per heavy atom. The zero-order valence-corrected chi connectivity index (χ0v) is 20.9. The van der Waals surface area contributed by atoms with Crippen LogP contribution in [0, 0.1) is 13.8 Å². The third kappa shape index (κ3) is 5.85. The first-order valence-corrected chi connectivity index (χ1v) is 11.5. The van der Waals surface area contributed by atoms with Crippen molar-refractivity contribution in [3.05, 3.63) is 106 Å². The molecule has 3 rings (SSSR count). The average Bonchev–Trinajstić information content (AvgIpc) is 2.77. The van der Waals surface area contributed by atoms with Crippen molar-refractivity contribution in [1.29, 1.82) is 0 Å². The monoisotopic (exact) mass is 402 g/mol. The Morgan fingerprint density at radius 3 is 0.733 bits per heavy atom. The fourth-order valence-corrected chi connectivity index (χ4v) is 3.58. The molecule has 0 aromatic heterocycles. The highest BCUT2D eigenvalue weighted by Gasteiger charge is 2.26. The van der Waals surface area contributed by atoms with E-state index in [-0.39, 0.29) is 10.8 Å². The predicted octanol–water partition coefficient (Wildman–Crippen LogP) is 9.01. The van der Waals surface area contributed by atoms with E-state index in [0.29, 0.717) is 0 Å². The number of hydrogen-bond acceptors (Lipinski definition) is 0. The van der Waals surface area contributed by atoms with Crippen LogP contribution < -0.4 is 0 Å². The zero-order valence-electron chi connectivity index (χ0n) is 20.9. The maximum Gasteiger partial charge on any atom is 0.0146 e. The molecule has 0 amide bonds. The molecule has 0 atom stereocenters. The molecule has 0 saturated heterocycles. The zero-order chi connectivity index (χ0) is 22.9. The van der Waals surface area contributed by atoms with Gasteiger partial charge >= 0.3 is 0 Å². The molecule has 3 aromatic carbocycles. The molecule has 0 heteroatoms. The molecule has 0 bridgehead atoms. The van der Waals surface area contributed by atoms with Crippen LogP contribution in [0.3, 0.4) is 0 Å². The maximum atomic E-state index is 2.30. The minimum atomic E-state index is 0.000230. The largest absolute Gasteiger partial charge is 0.0683 e. The van der Waals surface area contributed by atoms with Crippen LogP contribution in [0.1, 0.15) is 88.8 Å². The summed E-state index contributed by atoms with van der Waals surface area (Å²) in [6.45, 7) is 21.5. The van der Waals surface area contributed by atoms with Crippen LogP contribution in [0.4, 0.5) is 0 Å². The molecular weight excluding hydrogens is 360 g/mol. The van der Waals surface area contributed by atoms with E-state index < -0.39 is 0 Å². The van der Waals surface area contributed by atoms with Crippen molar-refractivity contribution in [3.63, 3.8) is 0 Å². The molecule has 0 saturated carbocycles. The van der Waals surface area contributed by atoms with Crippen molar-refractivity contribution in [1.82, 2.24) is 0 Å². The van der Waals surface area contributed by atoms with E-state index in [1.165, 1.54) is 33.4 Å². The van der Waals surface area contributed by atoms with E-state index in [0.717, 1.165) is 0 Å². The fourth-order valence-electron chi connectivity index (χ4n) is 3.58. The first kappa shape index (κ1) is 25.7. The van der Waals surface area contributed by atoms with Gasteiger partial charge in [0.1, 0.15) is 0 Å². The Hall–Kier alpha value is -2.34. The van der Waals surface area contributed by atoms with Gasteiger partial charge in [0.15, 0.2) is 0 Å². The van der Waals surface area contributed by atoms with Crippen molar-refractivity contribution in [2.45, 2.75) is 80.1 Å². The summed E-state index contributed by atoms with van der Waals surface area (Å²) in [6.07, 6.45) is 0. The first-order chi connectivity index (χ1) is 14.2. The van der Waals surface area contributed by atoms with E-state index in [1.807, 2.05) is 27.7 Å². The molecule has 0 aliphatic rings. The van der Waals surface area contributed by atoms with Crippen LogP contribution in [0.15, 0.2) is 72.8 Å². The lowest BCUT2D eigenvalue weighted by Gasteiger charge is -2.29. The predicted molar refractivity (Wildman–Crippen MR) is 136 cm³/mol. The number of benzene rings is 3. The highest BCUT2D eigenvalue weighted by molar-refractivity contribution is 5.43. The van der Waals surface area contributed by atoms with E-state index in [1.54, 1.807) is 0 Å². The summed E-state index contributed by atoms with van der Waals surface area (Å²) in [5.74, 6) is 0. The normalized spacial score (nSPS) is 11.0. The van der Waals surface area contributed by atoms with Gasteiger partial charge in [-0.1, -0.05) is 139 Å². The van der Waals surface area contributed by atoms with E-state index in [9.17, 15) is 0 Å². The van der Waals surface area contributed by atoms with E-state index in [2.05, 4.69) is 114 Å². The fraction of sp³-hybridized carbons (Fsp3) is 0.400. The van der Waals surface area contributed by atoms with Gasteiger partial charge in [0.25, 0.3) is 0 Å². The topological polar surface area (TPSA) is 0 Å². The van der Waals surface area contributed by atoms with Crippen molar-refractivity contribution in [2.75, 3.05) is 0 Å². The molecule has 0 radical (unpaired) electrons. The van der Waals surface area contributed by atoms with Gasteiger partial charge in [-0.2, -0.15) is 0 Å². The van der Waals surface area contributed by atoms with Gasteiger partial charge in [0, 0.05) is 10.8 Å². The molecule has 0 N–H and O–H groups in total. The summed E-state index contributed by atoms with van der Waals surface area (Å²) in [7, 11) is 0. The summed E-state index contributed by atoms with van der Waals surface area (Å²) in [5.41, 5.74) is 8.02. The summed E-state index contributed by atoms with van der Waals surface area (Å²) >= 11 is 0. The summed E-state index contributed by atoms with van der Waals surface area (Å²) in [4.78, 5) is 0. The Morgan fingerprint density at radius 2 is 0.533 bits per heavy atom. The van der Waals surface area contributed by atoms with Crippen LogP contribution in [-0.2, 0) is 10.8 Å². The lowest BCUT2D eigenvalue weighted by atomic mass is 9.74. The molecule has 0 nitrogen and oxygen atoms in total. The van der Waals surface area contributed by atoms with Gasteiger partial charge in [0.2, 0.25) is 0 Å². The third-order valence-corrected chi connectivity index (χ3v) is 5.87. The lowest BCUT2D eigenvalue weighted by Crippen LogP contribution is -2.21. The minimum Gasteiger partial charge on any atom is -0.0683 e. The molecule has 0 spiro atoms. The van der Waals surface area contributed by atoms with Crippen LogP contribution in [0.2, 0.25) is 0 Å². The molecule has 0 fully saturated rings. The Kier molecular flexibility index (Phi) is 9.56. The third-order valence-electron chi connectivity index (χ3n) is 5.87. The Labute approximate surface area is 186 Å². The highest BCUT2D eigenvalue weighted by Crippen LogP contribution is 2.35. The van der Waals surface area contributed by atoms with Gasteiger partial charge in [-0.15, -0.1) is 0 Å². The van der Waals surface area contributed by atoms with Gasteiger partial charge in [0.05, 0.1) is 0 Å². The number of rotatable bonds is 4. The molecule has 3 aromatic rings. The Bertz CT molecular complexity index is 784. The van der Waals surface area contributed by atoms with Gasteiger partial charge in [-0.05, 0) is 36.1 Å². The lowest BCUT2D eigenvalue weighted by molar-refractivity contribution is 0.626. The van der Waals surface area contributed by atoms with Crippen molar-refractivity contribution in [3.8, 4) is 0 Å². The van der Waals surface area contributed by atoms with E-state index >= 15 is 0 Å². The second kappa shape index (κ2) is 11.2. The van der Waals surface area contributed by atoms with Crippen molar-refractivity contribution >= 4 is 0 Å². The van der Waals surface area contributed by atoms with Crippen LogP contribution >= 0.6 is 0 Å². The SMILES string of the molecule is CC.CC.Cc1ccc(C(C)(C)c2ccc(C(C)(C)c3ccc(C)cc3)cc2)cc1. The smallest absolute Gasteiger partial charge is 0.0146 e. The molecule has 0 aliphatic heterocycles. The Balaban J connectivity index is 0.00000106. The van der Waals surface area contributed by atoms with Gasteiger partial charge in [-0.25, -0.2) is 0 Å². The summed E-state index contributed by atoms with van der Waals surface area (Å²) in [5, 5.41) is 0. The van der Waals surface area contributed by atoms with Gasteiger partial charge < -0.3 is 0 Å². The maximum absolute atomic E-state index is 2.30. The molecular formula is C30H42. The van der Waals surface area contributed by atoms with E-state index in [4.69, 9.17) is 0 Å². The van der Waals surface area contributed by atoms with Crippen molar-refractivity contribution in [2.24, 2.45) is 0 Å². The number of aryl methyl sites for hydroxylation is 2. The molecule has 0 unspecified atom stereocenters. The summed E-state index contributed by atoms with van der Waals surface area (Å²) < 4.78 is 0. The van der Waals surface area contributed by atoms with Crippen LogP contribution in [0.5, 0.6) is 0 Å². The molecule has 0 heterocycles. The standard InChI is InChI=1S/C26H30.2C2H6/c1-19-7-11-21(12-8-19)25(3,4)23-15-17-24(18-16-23)26(5,6)22-13-9-20(2)10-14-22;2*1-2/h7-18H,1-6H3;2*1-2H3. The minimum absolute atomic E-state index is 0.000230. The molecule has 162 valence electrons. The van der Waals surface area contributed by atoms with Gasteiger partial charge in [-0.3, -0.25) is 0 Å². The van der Waals surface area contributed by atoms with Crippen LogP contribution in [-0.4, -0.2) is 0 Å². The second-order valence-electron chi connectivity index (χ2n) is 8.56. The second-order valence-corrected chi connectivity index (χ2v) is 8.56. The molecule has 0 aliphatic carbocycles. The molecule has 30 heavy (non-hydrogen) atoms. The first-order valence-electron chi connectivity index (χ1n) is 11.5. The highest BCUT2D eigenvalue weighted by atomic mass is 14.3.